The second kappa shape index (κ2) is 15.4. The molecule has 2 amide bonds. The maximum atomic E-state index is 12.1. The average Bonchev–Trinajstić information content (AvgIpc) is 3.41. The summed E-state index contributed by atoms with van der Waals surface area (Å²) in [6.45, 7) is 11.1. The molecule has 37 heavy (non-hydrogen) atoms. The van der Waals surface area contributed by atoms with Crippen LogP contribution in [0.25, 0.3) is 0 Å². The summed E-state index contributed by atoms with van der Waals surface area (Å²) in [4.78, 5) is 27.3. The number of aromatic nitrogens is 2. The number of rotatable bonds is 10. The summed E-state index contributed by atoms with van der Waals surface area (Å²) in [5, 5.41) is 4.14. The summed E-state index contributed by atoms with van der Waals surface area (Å²) in [5.74, 6) is -0.344. The first-order valence-corrected chi connectivity index (χ1v) is 13.3. The largest absolute Gasteiger partial charge is 0.361 e. The van der Waals surface area contributed by atoms with Crippen LogP contribution in [0, 0.1) is 20.8 Å². The molecule has 1 aromatic heterocycles. The molecular formula is C28H36Cl2N4O3. The molecule has 7 nitrogen and oxygen atoms in total. The molecule has 0 aliphatic carbocycles. The first-order chi connectivity index (χ1) is 17.8. The van der Waals surface area contributed by atoms with Crippen molar-refractivity contribution in [3.63, 3.8) is 0 Å². The van der Waals surface area contributed by atoms with Crippen molar-refractivity contribution in [2.45, 2.75) is 47.7 Å². The molecule has 0 bridgehead atoms. The maximum absolute atomic E-state index is 12.1. The van der Waals surface area contributed by atoms with Gasteiger partial charge in [-0.3, -0.25) is 24.1 Å². The number of anilines is 2. The number of ether oxygens (including phenoxy) is 1. The van der Waals surface area contributed by atoms with Gasteiger partial charge in [0.05, 0.1) is 11.4 Å². The molecule has 0 saturated heterocycles. The van der Waals surface area contributed by atoms with E-state index in [1.807, 2.05) is 76.4 Å². The van der Waals surface area contributed by atoms with Gasteiger partial charge in [-0.05, 0) is 62.4 Å². The highest BCUT2D eigenvalue weighted by molar-refractivity contribution is 6.29. The fourth-order valence-corrected chi connectivity index (χ4v) is 4.30. The summed E-state index contributed by atoms with van der Waals surface area (Å²) in [5.41, 5.74) is 6.12. The summed E-state index contributed by atoms with van der Waals surface area (Å²) in [6, 6.07) is 13.8. The molecule has 3 aromatic rings. The molecule has 0 fully saturated rings. The van der Waals surface area contributed by atoms with E-state index >= 15 is 0 Å². The molecule has 0 radical (unpaired) electrons. The van der Waals surface area contributed by atoms with E-state index in [4.69, 9.17) is 27.9 Å². The van der Waals surface area contributed by atoms with Crippen molar-refractivity contribution >= 4 is 46.4 Å². The number of halogens is 2. The van der Waals surface area contributed by atoms with Crippen molar-refractivity contribution in [1.29, 1.82) is 0 Å². The number of benzene rings is 2. The standard InChI is InChI=1S/C14H16ClN3O.C14H20ClNO2/c1-11-5-3-6-12(2)14(11)18(13(19)9-15)10-17-8-4-7-16-17;1-4-12-8-6-7-11(3)14(12)16(10-18-5-2)13(17)9-15/h3-8H,9-10H2,1-2H3;6-8H,4-5,9-10H2,1-3H3. The van der Waals surface area contributed by atoms with Crippen LogP contribution in [0.1, 0.15) is 36.1 Å². The number of para-hydroxylation sites is 2. The third-order valence-corrected chi connectivity index (χ3v) is 6.24. The Kier molecular flexibility index (Phi) is 12.6. The second-order valence-electron chi connectivity index (χ2n) is 8.40. The summed E-state index contributed by atoms with van der Waals surface area (Å²) < 4.78 is 7.08. The van der Waals surface area contributed by atoms with Gasteiger partial charge in [0, 0.05) is 19.0 Å². The number of aryl methyl sites for hydroxylation is 4. The van der Waals surface area contributed by atoms with E-state index in [1.54, 1.807) is 20.7 Å². The van der Waals surface area contributed by atoms with Crippen LogP contribution in [0.3, 0.4) is 0 Å². The van der Waals surface area contributed by atoms with Gasteiger partial charge in [0.15, 0.2) is 0 Å². The van der Waals surface area contributed by atoms with Crippen molar-refractivity contribution in [3.8, 4) is 0 Å². The summed E-state index contributed by atoms with van der Waals surface area (Å²) >= 11 is 11.4. The molecule has 1 heterocycles. The van der Waals surface area contributed by atoms with Crippen molar-refractivity contribution < 1.29 is 14.3 Å². The summed E-state index contributed by atoms with van der Waals surface area (Å²) in [6.07, 6.45) is 4.38. The Morgan fingerprint density at radius 3 is 1.95 bits per heavy atom. The highest BCUT2D eigenvalue weighted by Crippen LogP contribution is 2.27. The molecule has 0 atom stereocenters. The third kappa shape index (κ3) is 8.32. The number of amides is 2. The lowest BCUT2D eigenvalue weighted by atomic mass is 10.0. The molecule has 0 spiro atoms. The number of nitrogens with zero attached hydrogens (tertiary/aromatic N) is 4. The zero-order valence-corrected chi connectivity index (χ0v) is 23.7. The molecule has 3 rings (SSSR count). The SMILES string of the molecule is CCOCN(C(=O)CCl)c1c(C)cccc1CC.Cc1cccc(C)c1N(Cn1cccn1)C(=O)CCl. The number of hydrogen-bond donors (Lipinski definition) is 0. The Bertz CT molecular complexity index is 1130. The predicted molar refractivity (Wildman–Crippen MR) is 152 cm³/mol. The lowest BCUT2D eigenvalue weighted by molar-refractivity contribution is -0.117. The van der Waals surface area contributed by atoms with E-state index < -0.39 is 0 Å². The minimum Gasteiger partial charge on any atom is -0.361 e. The quantitative estimate of drug-likeness (QED) is 0.236. The minimum atomic E-state index is -0.130. The van der Waals surface area contributed by atoms with E-state index in [-0.39, 0.29) is 30.3 Å². The van der Waals surface area contributed by atoms with E-state index in [9.17, 15) is 9.59 Å². The van der Waals surface area contributed by atoms with Crippen LogP contribution >= 0.6 is 23.2 Å². The number of alkyl halides is 2. The van der Waals surface area contributed by atoms with Gasteiger partial charge in [-0.1, -0.05) is 43.3 Å². The van der Waals surface area contributed by atoms with Gasteiger partial charge in [0.1, 0.15) is 25.2 Å². The Hall–Kier alpha value is -2.87. The molecule has 0 aliphatic heterocycles. The zero-order valence-electron chi connectivity index (χ0n) is 22.2. The Labute approximate surface area is 229 Å². The van der Waals surface area contributed by atoms with Gasteiger partial charge in [-0.2, -0.15) is 5.10 Å². The number of carbonyl (C=O) groups excluding carboxylic acids is 2. The van der Waals surface area contributed by atoms with Crippen molar-refractivity contribution in [1.82, 2.24) is 9.78 Å². The lowest BCUT2D eigenvalue weighted by Crippen LogP contribution is -2.35. The molecule has 200 valence electrons. The monoisotopic (exact) mass is 546 g/mol. The third-order valence-electron chi connectivity index (χ3n) is 5.78. The molecule has 2 aromatic carbocycles. The van der Waals surface area contributed by atoms with E-state index in [0.29, 0.717) is 13.3 Å². The van der Waals surface area contributed by atoms with Crippen molar-refractivity contribution in [3.05, 3.63) is 77.1 Å². The second-order valence-corrected chi connectivity index (χ2v) is 8.93. The van der Waals surface area contributed by atoms with Gasteiger partial charge in [-0.25, -0.2) is 0 Å². The van der Waals surface area contributed by atoms with Crippen LogP contribution in [0.2, 0.25) is 0 Å². The minimum absolute atomic E-state index is 0.0371. The van der Waals surface area contributed by atoms with Gasteiger partial charge in [0.25, 0.3) is 0 Å². The van der Waals surface area contributed by atoms with Gasteiger partial charge in [0.2, 0.25) is 11.8 Å². The molecule has 0 unspecified atom stereocenters. The lowest BCUT2D eigenvalue weighted by Gasteiger charge is -2.25. The molecular weight excluding hydrogens is 511 g/mol. The summed E-state index contributed by atoms with van der Waals surface area (Å²) in [7, 11) is 0. The highest BCUT2D eigenvalue weighted by Gasteiger charge is 2.20. The van der Waals surface area contributed by atoms with Crippen molar-refractivity contribution in [2.24, 2.45) is 0 Å². The first-order valence-electron chi connectivity index (χ1n) is 12.2. The Morgan fingerprint density at radius 1 is 0.865 bits per heavy atom. The molecule has 9 heteroatoms. The van der Waals surface area contributed by atoms with Gasteiger partial charge >= 0.3 is 0 Å². The van der Waals surface area contributed by atoms with Crippen LogP contribution in [-0.2, 0) is 27.4 Å². The fourth-order valence-electron chi connectivity index (χ4n) is 4.01. The maximum Gasteiger partial charge on any atom is 0.243 e. The van der Waals surface area contributed by atoms with E-state index in [1.165, 1.54) is 0 Å². The van der Waals surface area contributed by atoms with Crippen LogP contribution in [0.15, 0.2) is 54.9 Å². The molecule has 0 aliphatic rings. The topological polar surface area (TPSA) is 67.7 Å². The zero-order chi connectivity index (χ0) is 27.4. The number of hydrogen-bond acceptors (Lipinski definition) is 4. The van der Waals surface area contributed by atoms with Crippen LogP contribution in [-0.4, -0.2) is 46.7 Å². The van der Waals surface area contributed by atoms with E-state index in [2.05, 4.69) is 12.0 Å². The van der Waals surface area contributed by atoms with Crippen molar-refractivity contribution in [2.75, 3.05) is 34.9 Å². The van der Waals surface area contributed by atoms with Gasteiger partial charge in [-0.15, -0.1) is 23.2 Å². The predicted octanol–water partition coefficient (Wildman–Crippen LogP) is 5.85. The normalized spacial score (nSPS) is 10.5. The first kappa shape index (κ1) is 30.4. The average molecular weight is 548 g/mol. The molecule has 0 N–H and O–H groups in total. The Balaban J connectivity index is 0.000000261. The highest BCUT2D eigenvalue weighted by atomic mass is 35.5. The Morgan fingerprint density at radius 2 is 1.43 bits per heavy atom. The fraction of sp³-hybridized carbons (Fsp3) is 0.393. The van der Waals surface area contributed by atoms with Crippen LogP contribution < -0.4 is 9.80 Å². The van der Waals surface area contributed by atoms with E-state index in [0.717, 1.165) is 40.0 Å². The smallest absolute Gasteiger partial charge is 0.243 e. The number of carbonyl (C=O) groups is 2. The molecule has 0 saturated carbocycles. The van der Waals surface area contributed by atoms with Crippen LogP contribution in [0.4, 0.5) is 11.4 Å². The van der Waals surface area contributed by atoms with Crippen LogP contribution in [0.5, 0.6) is 0 Å². The van der Waals surface area contributed by atoms with Gasteiger partial charge < -0.3 is 4.74 Å².